The van der Waals surface area contributed by atoms with Crippen LogP contribution in [-0.2, 0) is 20.8 Å². The molecule has 1 fully saturated rings. The highest BCUT2D eigenvalue weighted by atomic mass is 19.2. The van der Waals surface area contributed by atoms with Gasteiger partial charge in [-0.15, -0.1) is 0 Å². The summed E-state index contributed by atoms with van der Waals surface area (Å²) in [5.74, 6) is -3.75. The van der Waals surface area contributed by atoms with Gasteiger partial charge in [0.05, 0.1) is 12.1 Å². The molecule has 0 saturated carbocycles. The van der Waals surface area contributed by atoms with Crippen molar-refractivity contribution in [3.8, 4) is 0 Å². The smallest absolute Gasteiger partial charge is 0.410 e. The summed E-state index contributed by atoms with van der Waals surface area (Å²) >= 11 is 0. The molecule has 3 rings (SSSR count). The van der Waals surface area contributed by atoms with E-state index in [-0.39, 0.29) is 61.7 Å². The van der Waals surface area contributed by atoms with Gasteiger partial charge in [-0.05, 0) is 33.8 Å². The third-order valence-corrected chi connectivity index (χ3v) is 5.21. The van der Waals surface area contributed by atoms with Crippen LogP contribution in [0.5, 0.6) is 0 Å². The lowest BCUT2D eigenvalue weighted by Gasteiger charge is -2.35. The summed E-state index contributed by atoms with van der Waals surface area (Å²) in [4.78, 5) is 53.2. The van der Waals surface area contributed by atoms with Crippen LogP contribution in [0.4, 0.5) is 13.6 Å². The van der Waals surface area contributed by atoms with E-state index < -0.39 is 34.7 Å². The molecule has 2 amide bonds. The Hall–Kier alpha value is -3.50. The van der Waals surface area contributed by atoms with Crippen molar-refractivity contribution >= 4 is 28.9 Å². The SMILES string of the molecule is CCOC(=O)c1cn(CC(=O)N2CCN(C(=O)OC(C)(C)C)CC2)c2cc(F)c(F)cc2c1=O. The highest BCUT2D eigenvalue weighted by Crippen LogP contribution is 2.18. The van der Waals surface area contributed by atoms with Gasteiger partial charge < -0.3 is 23.8 Å². The molecular weight excluding hydrogens is 452 g/mol. The topological polar surface area (TPSA) is 98.2 Å². The zero-order valence-corrected chi connectivity index (χ0v) is 19.5. The van der Waals surface area contributed by atoms with Gasteiger partial charge in [0.15, 0.2) is 11.6 Å². The number of pyridine rings is 1. The molecule has 0 radical (unpaired) electrons. The molecule has 9 nitrogen and oxygen atoms in total. The largest absolute Gasteiger partial charge is 0.462 e. The van der Waals surface area contributed by atoms with E-state index in [1.807, 2.05) is 0 Å². The van der Waals surface area contributed by atoms with Crippen molar-refractivity contribution in [2.75, 3.05) is 32.8 Å². The van der Waals surface area contributed by atoms with Crippen LogP contribution in [0, 0.1) is 11.6 Å². The molecule has 0 N–H and O–H groups in total. The summed E-state index contributed by atoms with van der Waals surface area (Å²) in [6, 6.07) is 1.52. The number of hydrogen-bond donors (Lipinski definition) is 0. The molecule has 0 unspecified atom stereocenters. The summed E-state index contributed by atoms with van der Waals surface area (Å²) in [5, 5.41) is -0.244. The van der Waals surface area contributed by atoms with E-state index in [0.717, 1.165) is 12.3 Å². The van der Waals surface area contributed by atoms with E-state index in [1.165, 1.54) is 14.4 Å². The minimum atomic E-state index is -1.25. The Kier molecular flexibility index (Phi) is 7.23. The number of halogens is 2. The fourth-order valence-electron chi connectivity index (χ4n) is 3.58. The van der Waals surface area contributed by atoms with Gasteiger partial charge in [-0.25, -0.2) is 18.4 Å². The molecule has 0 spiro atoms. The maximum atomic E-state index is 13.9. The summed E-state index contributed by atoms with van der Waals surface area (Å²) in [5.41, 5.74) is -1.87. The van der Waals surface area contributed by atoms with Crippen LogP contribution >= 0.6 is 0 Å². The number of nitrogens with zero attached hydrogens (tertiary/aromatic N) is 3. The van der Waals surface area contributed by atoms with E-state index >= 15 is 0 Å². The zero-order chi connectivity index (χ0) is 25.2. The van der Waals surface area contributed by atoms with Crippen LogP contribution < -0.4 is 5.43 Å². The molecule has 1 aromatic heterocycles. The Morgan fingerprint density at radius 2 is 1.59 bits per heavy atom. The minimum absolute atomic E-state index is 0.00887. The van der Waals surface area contributed by atoms with Crippen molar-refractivity contribution in [1.29, 1.82) is 0 Å². The molecule has 34 heavy (non-hydrogen) atoms. The van der Waals surface area contributed by atoms with E-state index in [1.54, 1.807) is 27.7 Å². The number of aromatic nitrogens is 1. The average molecular weight is 479 g/mol. The average Bonchev–Trinajstić information content (AvgIpc) is 2.76. The van der Waals surface area contributed by atoms with Gasteiger partial charge in [0.2, 0.25) is 11.3 Å². The monoisotopic (exact) mass is 479 g/mol. The van der Waals surface area contributed by atoms with Crippen molar-refractivity contribution in [1.82, 2.24) is 14.4 Å². The van der Waals surface area contributed by atoms with Gasteiger partial charge in [0, 0.05) is 43.8 Å². The summed E-state index contributed by atoms with van der Waals surface area (Å²) in [6.07, 6.45) is 0.650. The number of ether oxygens (including phenoxy) is 2. The Morgan fingerprint density at radius 3 is 2.18 bits per heavy atom. The molecular formula is C23H27F2N3O6. The Bertz CT molecular complexity index is 1180. The van der Waals surface area contributed by atoms with Crippen LogP contribution in [0.3, 0.4) is 0 Å². The number of hydrogen-bond acceptors (Lipinski definition) is 6. The molecule has 2 heterocycles. The van der Waals surface area contributed by atoms with Gasteiger partial charge >= 0.3 is 12.1 Å². The molecule has 0 atom stereocenters. The van der Waals surface area contributed by atoms with E-state index in [4.69, 9.17) is 9.47 Å². The molecule has 1 aliphatic rings. The van der Waals surface area contributed by atoms with Crippen LogP contribution in [0.1, 0.15) is 38.1 Å². The fraction of sp³-hybridized carbons (Fsp3) is 0.478. The maximum Gasteiger partial charge on any atom is 0.410 e. The third kappa shape index (κ3) is 5.52. The number of benzene rings is 1. The van der Waals surface area contributed by atoms with Gasteiger partial charge in [0.1, 0.15) is 17.7 Å². The van der Waals surface area contributed by atoms with Crippen molar-refractivity contribution in [3.63, 3.8) is 0 Å². The van der Waals surface area contributed by atoms with Crippen molar-refractivity contribution in [3.05, 3.63) is 45.8 Å². The van der Waals surface area contributed by atoms with Crippen molar-refractivity contribution < 1.29 is 32.6 Å². The van der Waals surface area contributed by atoms with Gasteiger partial charge in [-0.3, -0.25) is 9.59 Å². The van der Waals surface area contributed by atoms with E-state index in [2.05, 4.69) is 0 Å². The Morgan fingerprint density at radius 1 is 1.00 bits per heavy atom. The summed E-state index contributed by atoms with van der Waals surface area (Å²) in [7, 11) is 0. The first kappa shape index (κ1) is 25.1. The van der Waals surface area contributed by atoms with Crippen LogP contribution in [0.15, 0.2) is 23.1 Å². The van der Waals surface area contributed by atoms with E-state index in [0.29, 0.717) is 6.07 Å². The second kappa shape index (κ2) is 9.78. The lowest BCUT2D eigenvalue weighted by Crippen LogP contribution is -2.52. The fourth-order valence-corrected chi connectivity index (χ4v) is 3.58. The lowest BCUT2D eigenvalue weighted by atomic mass is 10.1. The number of esters is 1. The lowest BCUT2D eigenvalue weighted by molar-refractivity contribution is -0.133. The first-order chi connectivity index (χ1) is 15.9. The summed E-state index contributed by atoms with van der Waals surface area (Å²) in [6.45, 7) is 7.53. The normalized spacial score (nSPS) is 14.3. The predicted molar refractivity (Wildman–Crippen MR) is 118 cm³/mol. The number of carbonyl (C=O) groups is 3. The minimum Gasteiger partial charge on any atom is -0.462 e. The molecule has 0 bridgehead atoms. The van der Waals surface area contributed by atoms with Crippen molar-refractivity contribution in [2.24, 2.45) is 0 Å². The zero-order valence-electron chi connectivity index (χ0n) is 19.5. The molecule has 184 valence electrons. The summed E-state index contributed by atoms with van der Waals surface area (Å²) < 4.78 is 39.3. The number of amides is 2. The second-order valence-electron chi connectivity index (χ2n) is 8.85. The Labute approximate surface area is 194 Å². The molecule has 1 aliphatic heterocycles. The number of carbonyl (C=O) groups excluding carboxylic acids is 3. The second-order valence-corrected chi connectivity index (χ2v) is 8.85. The van der Waals surface area contributed by atoms with Crippen LogP contribution in [0.2, 0.25) is 0 Å². The van der Waals surface area contributed by atoms with Gasteiger partial charge in [-0.2, -0.15) is 0 Å². The highest BCUT2D eigenvalue weighted by molar-refractivity contribution is 5.94. The molecule has 1 aromatic carbocycles. The number of rotatable bonds is 4. The van der Waals surface area contributed by atoms with Crippen LogP contribution in [-0.4, -0.2) is 70.7 Å². The quantitative estimate of drug-likeness (QED) is 0.625. The third-order valence-electron chi connectivity index (χ3n) is 5.21. The van der Waals surface area contributed by atoms with Crippen LogP contribution in [0.25, 0.3) is 10.9 Å². The first-order valence-corrected chi connectivity index (χ1v) is 10.9. The molecule has 2 aromatic rings. The molecule has 0 aliphatic carbocycles. The Balaban J connectivity index is 1.84. The molecule has 11 heteroatoms. The van der Waals surface area contributed by atoms with E-state index in [9.17, 15) is 28.0 Å². The van der Waals surface area contributed by atoms with Crippen molar-refractivity contribution in [2.45, 2.75) is 39.8 Å². The van der Waals surface area contributed by atoms with Gasteiger partial charge in [0.25, 0.3) is 0 Å². The van der Waals surface area contributed by atoms with Gasteiger partial charge in [-0.1, -0.05) is 0 Å². The number of piperazine rings is 1. The maximum absolute atomic E-state index is 13.9. The predicted octanol–water partition coefficient (Wildman–Crippen LogP) is 2.54. The number of fused-ring (bicyclic) bond motifs is 1. The highest BCUT2D eigenvalue weighted by Gasteiger charge is 2.28. The standard InChI is InChI=1S/C23H27F2N3O6/c1-5-33-21(31)15-12-28(18-11-17(25)16(24)10-14(18)20(15)30)13-19(29)26-6-8-27(9-7-26)22(32)34-23(2,3)4/h10-12H,5-9,13H2,1-4H3. The first-order valence-electron chi connectivity index (χ1n) is 10.9. The molecule has 1 saturated heterocycles.